The van der Waals surface area contributed by atoms with E-state index in [0.717, 1.165) is 19.3 Å². The Morgan fingerprint density at radius 1 is 1.50 bits per heavy atom. The number of amides is 1. The van der Waals surface area contributed by atoms with Crippen molar-refractivity contribution in [1.82, 2.24) is 15.3 Å². The molecule has 5 heteroatoms. The van der Waals surface area contributed by atoms with Gasteiger partial charge in [0.05, 0.1) is 5.69 Å². The fourth-order valence-electron chi connectivity index (χ4n) is 2.32. The fourth-order valence-corrected chi connectivity index (χ4v) is 2.32. The molecular weight excluding hydrogens is 254 g/mol. The maximum atomic E-state index is 12.2. The lowest BCUT2D eigenvalue weighted by Gasteiger charge is -2.18. The molecule has 1 aromatic rings. The molecule has 0 bridgehead atoms. The number of aromatic nitrogens is 2. The van der Waals surface area contributed by atoms with Crippen LogP contribution in [-0.4, -0.2) is 21.9 Å². The van der Waals surface area contributed by atoms with Crippen LogP contribution in [0.4, 0.5) is 0 Å². The number of nitrogens with zero attached hydrogens (tertiary/aromatic N) is 1. The van der Waals surface area contributed by atoms with E-state index in [1.165, 1.54) is 0 Å². The zero-order valence-electron chi connectivity index (χ0n) is 12.2. The van der Waals surface area contributed by atoms with E-state index in [1.807, 2.05) is 19.9 Å². The smallest absolute Gasteiger partial charge is 0.264 e. The minimum Gasteiger partial charge on any atom is -0.346 e. The Bertz CT molecular complexity index is 587. The third kappa shape index (κ3) is 3.15. The Hall–Kier alpha value is -1.91. The van der Waals surface area contributed by atoms with E-state index in [1.54, 1.807) is 6.92 Å². The van der Waals surface area contributed by atoms with Crippen molar-refractivity contribution >= 4 is 5.91 Å². The number of allylic oxidation sites excluding steroid dienone is 1. The van der Waals surface area contributed by atoms with Gasteiger partial charge in [-0.05, 0) is 26.2 Å². The summed E-state index contributed by atoms with van der Waals surface area (Å²) in [5, 5.41) is 2.88. The molecule has 1 aliphatic carbocycles. The molecule has 1 heterocycles. The maximum Gasteiger partial charge on any atom is 0.264 e. The predicted molar refractivity (Wildman–Crippen MR) is 77.9 cm³/mol. The number of aromatic amines is 1. The highest BCUT2D eigenvalue weighted by atomic mass is 16.2. The molecule has 1 atom stereocenters. The lowest BCUT2D eigenvalue weighted by Crippen LogP contribution is -2.38. The molecule has 1 aliphatic rings. The van der Waals surface area contributed by atoms with Crippen LogP contribution in [0.3, 0.4) is 0 Å². The summed E-state index contributed by atoms with van der Waals surface area (Å²) in [7, 11) is 0. The highest BCUT2D eigenvalue weighted by Gasteiger charge is 2.20. The molecule has 0 saturated heterocycles. The minimum atomic E-state index is -0.363. The lowest BCUT2D eigenvalue weighted by atomic mass is 10.0. The second kappa shape index (κ2) is 6.03. The molecular formula is C15H21N3O2. The van der Waals surface area contributed by atoms with E-state index < -0.39 is 0 Å². The molecule has 0 aliphatic heterocycles. The van der Waals surface area contributed by atoms with Gasteiger partial charge in [0.2, 0.25) is 0 Å². The van der Waals surface area contributed by atoms with Crippen LogP contribution in [0.25, 0.3) is 0 Å². The second-order valence-electron chi connectivity index (χ2n) is 5.51. The second-order valence-corrected chi connectivity index (χ2v) is 5.51. The number of hydrogen-bond donors (Lipinski definition) is 2. The van der Waals surface area contributed by atoms with Crippen molar-refractivity contribution in [2.75, 3.05) is 0 Å². The number of aryl methyl sites for hydroxylation is 1. The number of H-pyrrole nitrogens is 1. The van der Waals surface area contributed by atoms with Crippen LogP contribution >= 0.6 is 0 Å². The Kier molecular flexibility index (Phi) is 4.37. The first kappa shape index (κ1) is 14.5. The Morgan fingerprint density at radius 3 is 2.80 bits per heavy atom. The van der Waals surface area contributed by atoms with E-state index in [0.29, 0.717) is 11.5 Å². The normalized spacial score (nSPS) is 18.3. The van der Waals surface area contributed by atoms with E-state index in [-0.39, 0.29) is 29.0 Å². The van der Waals surface area contributed by atoms with Gasteiger partial charge >= 0.3 is 0 Å². The number of hydrogen-bond acceptors (Lipinski definition) is 3. The van der Waals surface area contributed by atoms with Crippen LogP contribution in [0.5, 0.6) is 0 Å². The summed E-state index contributed by atoms with van der Waals surface area (Å²) in [6.45, 7) is 5.60. The molecule has 2 rings (SSSR count). The van der Waals surface area contributed by atoms with Crippen molar-refractivity contribution in [3.05, 3.63) is 39.6 Å². The summed E-state index contributed by atoms with van der Waals surface area (Å²) >= 11 is 0. The molecule has 1 amide bonds. The first-order chi connectivity index (χ1) is 9.49. The van der Waals surface area contributed by atoms with Crippen LogP contribution in [0.15, 0.2) is 16.9 Å². The van der Waals surface area contributed by atoms with Crippen LogP contribution in [-0.2, 0) is 0 Å². The molecule has 0 aromatic carbocycles. The van der Waals surface area contributed by atoms with Crippen LogP contribution < -0.4 is 10.9 Å². The Morgan fingerprint density at radius 2 is 2.25 bits per heavy atom. The molecule has 108 valence electrons. The number of carbonyl (C=O) groups excluding carboxylic acids is 1. The number of rotatable bonds is 3. The molecule has 5 nitrogen and oxygen atoms in total. The highest BCUT2D eigenvalue weighted by molar-refractivity contribution is 5.95. The minimum absolute atomic E-state index is 0.0137. The van der Waals surface area contributed by atoms with Gasteiger partial charge in [0.1, 0.15) is 11.4 Å². The molecule has 0 spiro atoms. The van der Waals surface area contributed by atoms with Crippen molar-refractivity contribution in [2.45, 2.75) is 52.0 Å². The summed E-state index contributed by atoms with van der Waals surface area (Å²) in [6.07, 6.45) is 7.07. The Balaban J connectivity index is 2.23. The van der Waals surface area contributed by atoms with Gasteiger partial charge < -0.3 is 10.3 Å². The molecule has 0 saturated carbocycles. The summed E-state index contributed by atoms with van der Waals surface area (Å²) < 4.78 is 0. The van der Waals surface area contributed by atoms with E-state index >= 15 is 0 Å². The van der Waals surface area contributed by atoms with Gasteiger partial charge in [-0.25, -0.2) is 4.98 Å². The summed E-state index contributed by atoms with van der Waals surface area (Å²) in [5.41, 5.74) is 0.238. The molecule has 0 unspecified atom stereocenters. The quantitative estimate of drug-likeness (QED) is 0.829. The molecule has 1 aromatic heterocycles. The van der Waals surface area contributed by atoms with Gasteiger partial charge in [-0.3, -0.25) is 9.59 Å². The van der Waals surface area contributed by atoms with Crippen molar-refractivity contribution in [1.29, 1.82) is 0 Å². The standard InChI is InChI=1S/C15H21N3O2/c1-9(2)13-16-10(3)12(15(20)18-13)14(19)17-11-7-5-4-6-8-11/h5,7,9,11H,4,6,8H2,1-3H3,(H,17,19)(H,16,18,20)/t11-/m1/s1. The lowest BCUT2D eigenvalue weighted by molar-refractivity contribution is 0.0939. The van der Waals surface area contributed by atoms with E-state index in [2.05, 4.69) is 21.4 Å². The van der Waals surface area contributed by atoms with Crippen LogP contribution in [0, 0.1) is 6.92 Å². The van der Waals surface area contributed by atoms with Crippen molar-refractivity contribution in [2.24, 2.45) is 0 Å². The van der Waals surface area contributed by atoms with Gasteiger partial charge in [-0.15, -0.1) is 0 Å². The fraction of sp³-hybridized carbons (Fsp3) is 0.533. The predicted octanol–water partition coefficient (Wildman–Crippen LogP) is 2.04. The first-order valence-electron chi connectivity index (χ1n) is 7.07. The van der Waals surface area contributed by atoms with Crippen LogP contribution in [0.1, 0.15) is 60.9 Å². The SMILES string of the molecule is Cc1nc(C(C)C)[nH]c(=O)c1C(=O)N[C@@H]1C=CCCC1. The van der Waals surface area contributed by atoms with Crippen molar-refractivity contribution < 1.29 is 4.79 Å². The van der Waals surface area contributed by atoms with Crippen LogP contribution in [0.2, 0.25) is 0 Å². The first-order valence-corrected chi connectivity index (χ1v) is 7.07. The average molecular weight is 275 g/mol. The zero-order valence-corrected chi connectivity index (χ0v) is 12.2. The van der Waals surface area contributed by atoms with Crippen molar-refractivity contribution in [3.63, 3.8) is 0 Å². The molecule has 2 N–H and O–H groups in total. The summed E-state index contributed by atoms with van der Waals surface area (Å²) in [4.78, 5) is 31.3. The zero-order chi connectivity index (χ0) is 14.7. The third-order valence-electron chi connectivity index (χ3n) is 3.46. The molecule has 20 heavy (non-hydrogen) atoms. The largest absolute Gasteiger partial charge is 0.346 e. The number of carbonyl (C=O) groups is 1. The highest BCUT2D eigenvalue weighted by Crippen LogP contribution is 2.12. The van der Waals surface area contributed by atoms with Gasteiger partial charge in [0.15, 0.2) is 0 Å². The van der Waals surface area contributed by atoms with Gasteiger partial charge in [-0.2, -0.15) is 0 Å². The van der Waals surface area contributed by atoms with Gasteiger partial charge in [0, 0.05) is 12.0 Å². The third-order valence-corrected chi connectivity index (χ3v) is 3.46. The van der Waals surface area contributed by atoms with Gasteiger partial charge in [0.25, 0.3) is 11.5 Å². The summed E-state index contributed by atoms with van der Waals surface area (Å²) in [5.74, 6) is 0.393. The molecule has 0 fully saturated rings. The van der Waals surface area contributed by atoms with Gasteiger partial charge in [-0.1, -0.05) is 26.0 Å². The average Bonchev–Trinajstić information content (AvgIpc) is 2.38. The Labute approximate surface area is 118 Å². The van der Waals surface area contributed by atoms with E-state index in [4.69, 9.17) is 0 Å². The van der Waals surface area contributed by atoms with E-state index in [9.17, 15) is 9.59 Å². The monoisotopic (exact) mass is 275 g/mol. The topological polar surface area (TPSA) is 74.8 Å². The maximum absolute atomic E-state index is 12.2. The number of nitrogens with one attached hydrogen (secondary N) is 2. The molecule has 0 radical (unpaired) electrons. The van der Waals surface area contributed by atoms with Crippen molar-refractivity contribution in [3.8, 4) is 0 Å². The summed E-state index contributed by atoms with van der Waals surface area (Å²) in [6, 6.07) is 0.0137.